The maximum atomic E-state index is 14.4. The number of aromatic nitrogens is 2. The van der Waals surface area contributed by atoms with Gasteiger partial charge in [-0.2, -0.15) is 18.3 Å². The lowest BCUT2D eigenvalue weighted by Crippen LogP contribution is -2.16. The summed E-state index contributed by atoms with van der Waals surface area (Å²) < 4.78 is 68.0. The molecule has 0 atom stereocenters. The van der Waals surface area contributed by atoms with Gasteiger partial charge in [0.15, 0.2) is 15.5 Å². The van der Waals surface area contributed by atoms with Crippen LogP contribution < -0.4 is 0 Å². The fraction of sp³-hybridized carbons (Fsp3) is 0.269. The van der Waals surface area contributed by atoms with Crippen molar-refractivity contribution < 1.29 is 21.6 Å². The molecule has 2 aromatic carbocycles. The highest BCUT2D eigenvalue weighted by atomic mass is 32.2. The van der Waals surface area contributed by atoms with E-state index in [1.807, 2.05) is 25.2 Å². The van der Waals surface area contributed by atoms with Crippen molar-refractivity contribution in [3.63, 3.8) is 0 Å². The summed E-state index contributed by atoms with van der Waals surface area (Å²) in [5.74, 6) is 0. The van der Waals surface area contributed by atoms with Gasteiger partial charge in [-0.25, -0.2) is 8.42 Å². The van der Waals surface area contributed by atoms with Crippen molar-refractivity contribution in [2.24, 2.45) is 0 Å². The molecule has 0 unspecified atom stereocenters. The van der Waals surface area contributed by atoms with Gasteiger partial charge in [0.2, 0.25) is 0 Å². The fourth-order valence-electron chi connectivity index (χ4n) is 4.06. The summed E-state index contributed by atoms with van der Waals surface area (Å²) in [4.78, 5) is 0.0969. The molecule has 0 amide bonds. The lowest BCUT2D eigenvalue weighted by molar-refractivity contribution is -0.143. The molecule has 0 saturated heterocycles. The van der Waals surface area contributed by atoms with Crippen LogP contribution in [-0.4, -0.2) is 24.5 Å². The molecular weight excluding hydrogens is 461 g/mol. The highest BCUT2D eigenvalue weighted by molar-refractivity contribution is 7.90. The summed E-state index contributed by atoms with van der Waals surface area (Å²) in [5.41, 5.74) is 2.11. The monoisotopic (exact) mass is 486 g/mol. The molecule has 1 heterocycles. The first-order valence-corrected chi connectivity index (χ1v) is 12.8. The first-order valence-electron chi connectivity index (χ1n) is 10.9. The molecule has 1 aliphatic rings. The quantitative estimate of drug-likeness (QED) is 0.394. The van der Waals surface area contributed by atoms with Crippen LogP contribution in [0.5, 0.6) is 0 Å². The van der Waals surface area contributed by atoms with Gasteiger partial charge in [-0.1, -0.05) is 65.8 Å². The molecule has 0 N–H and O–H groups in total. The van der Waals surface area contributed by atoms with Crippen molar-refractivity contribution in [1.29, 1.82) is 0 Å². The van der Waals surface area contributed by atoms with E-state index in [4.69, 9.17) is 0 Å². The van der Waals surface area contributed by atoms with Crippen molar-refractivity contribution in [2.45, 2.75) is 43.8 Å². The Kier molecular flexibility index (Phi) is 6.53. The van der Waals surface area contributed by atoms with Crippen LogP contribution in [0.25, 0.3) is 22.4 Å². The van der Waals surface area contributed by atoms with Gasteiger partial charge < -0.3 is 0 Å². The zero-order chi connectivity index (χ0) is 24.5. The van der Waals surface area contributed by atoms with E-state index in [1.54, 1.807) is 24.3 Å². The highest BCUT2D eigenvalue weighted by Gasteiger charge is 2.40. The second kappa shape index (κ2) is 9.25. The number of nitrogens with zero attached hydrogens (tertiary/aromatic N) is 2. The van der Waals surface area contributed by atoms with E-state index in [-0.39, 0.29) is 22.7 Å². The Bertz CT molecular complexity index is 1350. The molecule has 4 nitrogen and oxygen atoms in total. The van der Waals surface area contributed by atoms with Crippen LogP contribution in [0.4, 0.5) is 13.2 Å². The maximum absolute atomic E-state index is 14.4. The van der Waals surface area contributed by atoms with Crippen LogP contribution >= 0.6 is 0 Å². The van der Waals surface area contributed by atoms with Gasteiger partial charge >= 0.3 is 6.18 Å². The largest absolute Gasteiger partial charge is 0.433 e. The Balaban J connectivity index is 1.88. The number of halogens is 3. The second-order valence-corrected chi connectivity index (χ2v) is 10.5. The Morgan fingerprint density at radius 3 is 2.18 bits per heavy atom. The molecule has 0 fully saturated rings. The van der Waals surface area contributed by atoms with Crippen molar-refractivity contribution in [2.75, 3.05) is 6.26 Å². The summed E-state index contributed by atoms with van der Waals surface area (Å²) in [6.07, 6.45) is 4.72. The molecule has 8 heteroatoms. The summed E-state index contributed by atoms with van der Waals surface area (Å²) >= 11 is 0. The van der Waals surface area contributed by atoms with E-state index >= 15 is 0 Å². The molecule has 34 heavy (non-hydrogen) atoms. The summed E-state index contributed by atoms with van der Waals surface area (Å²) in [6, 6.07) is 12.7. The molecule has 0 spiro atoms. The fourth-order valence-corrected chi connectivity index (χ4v) is 4.69. The zero-order valence-corrected chi connectivity index (χ0v) is 19.7. The zero-order valence-electron chi connectivity index (χ0n) is 18.9. The molecule has 0 saturated carbocycles. The first-order chi connectivity index (χ1) is 16.0. The predicted molar refractivity (Wildman–Crippen MR) is 127 cm³/mol. The molecule has 0 bridgehead atoms. The number of hydrogen-bond acceptors (Lipinski definition) is 3. The summed E-state index contributed by atoms with van der Waals surface area (Å²) in [7, 11) is -3.43. The van der Waals surface area contributed by atoms with Gasteiger partial charge in [0.05, 0.1) is 4.90 Å². The second-order valence-electron chi connectivity index (χ2n) is 8.46. The number of benzene rings is 2. The van der Waals surface area contributed by atoms with Crippen LogP contribution in [0.2, 0.25) is 0 Å². The lowest BCUT2D eigenvalue weighted by atomic mass is 9.97. The lowest BCUT2D eigenvalue weighted by Gasteiger charge is -2.14. The minimum absolute atomic E-state index is 0.00669. The summed E-state index contributed by atoms with van der Waals surface area (Å²) in [5, 5.41) is 4.42. The van der Waals surface area contributed by atoms with Crippen molar-refractivity contribution in [1.82, 2.24) is 9.78 Å². The number of rotatable bonds is 6. The van der Waals surface area contributed by atoms with E-state index < -0.39 is 21.7 Å². The maximum Gasteiger partial charge on any atom is 0.433 e. The number of allylic oxidation sites excluding steroid dienone is 4. The Labute approximate surface area is 197 Å². The van der Waals surface area contributed by atoms with Crippen molar-refractivity contribution in [3.05, 3.63) is 83.6 Å². The molecule has 1 aromatic heterocycles. The molecular formula is C26H25F3N2O2S. The van der Waals surface area contributed by atoms with Crippen LogP contribution in [-0.2, 0) is 22.6 Å². The number of alkyl halides is 3. The standard InChI is InChI=1S/C26H25F3N2O2S/c1-18-8-10-20(11-9-18)23-24(21-12-14-22(15-13-21)34(2,32)33)30-31(25(23)26(27,28)29)17-16-19-6-4-3-5-7-19/h4,6-15H,3,5,16-17H2,1-2H3. The Morgan fingerprint density at radius 2 is 1.62 bits per heavy atom. The van der Waals surface area contributed by atoms with Gasteiger partial charge in [-0.05, 0) is 43.9 Å². The Hall–Kier alpha value is -3.13. The van der Waals surface area contributed by atoms with E-state index in [2.05, 4.69) is 5.10 Å². The number of aryl methyl sites for hydroxylation is 2. The van der Waals surface area contributed by atoms with Crippen molar-refractivity contribution in [3.8, 4) is 22.4 Å². The van der Waals surface area contributed by atoms with Crippen LogP contribution in [0.15, 0.2) is 77.2 Å². The molecule has 0 aliphatic heterocycles. The van der Waals surface area contributed by atoms with E-state index in [9.17, 15) is 21.6 Å². The SMILES string of the molecule is Cc1ccc(-c2c(-c3ccc(S(C)(=O)=O)cc3)nn(CCC3=CCCC=C3)c2C(F)(F)F)cc1. The van der Waals surface area contributed by atoms with Crippen molar-refractivity contribution >= 4 is 9.84 Å². The van der Waals surface area contributed by atoms with Gasteiger partial charge in [0, 0.05) is 23.9 Å². The van der Waals surface area contributed by atoms with E-state index in [0.29, 0.717) is 17.5 Å². The minimum Gasteiger partial charge on any atom is -0.259 e. The number of sulfone groups is 1. The van der Waals surface area contributed by atoms with Crippen LogP contribution in [0, 0.1) is 6.92 Å². The topological polar surface area (TPSA) is 52.0 Å². The molecule has 178 valence electrons. The highest BCUT2D eigenvalue weighted by Crippen LogP contribution is 2.43. The summed E-state index contributed by atoms with van der Waals surface area (Å²) in [6.45, 7) is 1.94. The predicted octanol–water partition coefficient (Wildman–Crippen LogP) is 6.61. The van der Waals surface area contributed by atoms with Gasteiger partial charge in [0.1, 0.15) is 5.69 Å². The van der Waals surface area contributed by atoms with E-state index in [0.717, 1.165) is 34.9 Å². The molecule has 3 aromatic rings. The number of hydrogen-bond donors (Lipinski definition) is 0. The third-order valence-corrected chi connectivity index (χ3v) is 6.93. The van der Waals surface area contributed by atoms with Gasteiger partial charge in [-0.15, -0.1) is 0 Å². The molecule has 4 rings (SSSR count). The van der Waals surface area contributed by atoms with Crippen LogP contribution in [0.1, 0.15) is 30.5 Å². The van der Waals surface area contributed by atoms with E-state index in [1.165, 1.54) is 24.3 Å². The van der Waals surface area contributed by atoms with Crippen LogP contribution in [0.3, 0.4) is 0 Å². The minimum atomic E-state index is -4.63. The normalized spacial score (nSPS) is 14.3. The Morgan fingerprint density at radius 1 is 0.971 bits per heavy atom. The average Bonchev–Trinajstić information content (AvgIpc) is 3.18. The van der Waals surface area contributed by atoms with Gasteiger partial charge in [-0.3, -0.25) is 4.68 Å². The third-order valence-electron chi connectivity index (χ3n) is 5.80. The molecule has 0 radical (unpaired) electrons. The smallest absolute Gasteiger partial charge is 0.259 e. The average molecular weight is 487 g/mol. The van der Waals surface area contributed by atoms with Gasteiger partial charge in [0.25, 0.3) is 0 Å². The molecule has 1 aliphatic carbocycles. The first kappa shape index (κ1) is 24.0. The third kappa shape index (κ3) is 5.17.